The molecule has 184 valence electrons. The second-order valence-corrected chi connectivity index (χ2v) is 10.7. The average molecular weight is 483 g/mol. The number of piperidine rings is 1. The van der Waals surface area contributed by atoms with Crippen LogP contribution >= 0.6 is 0 Å². The number of benzene rings is 1. The SMILES string of the molecule is COc1ccc(C(=O)OC(C)C(=O)N2CC(C)OC(C)C2)cc1S(=O)(=O)N1CCCCC1C. The van der Waals surface area contributed by atoms with Gasteiger partial charge in [0.25, 0.3) is 5.91 Å². The number of hydrogen-bond acceptors (Lipinski definition) is 7. The van der Waals surface area contributed by atoms with Crippen LogP contribution in [0, 0.1) is 0 Å². The molecule has 9 nitrogen and oxygen atoms in total. The predicted octanol–water partition coefficient (Wildman–Crippen LogP) is 2.44. The van der Waals surface area contributed by atoms with Crippen molar-refractivity contribution >= 4 is 21.9 Å². The molecule has 0 spiro atoms. The number of ether oxygens (including phenoxy) is 3. The number of hydrogen-bond donors (Lipinski definition) is 0. The number of nitrogens with zero attached hydrogens (tertiary/aromatic N) is 2. The van der Waals surface area contributed by atoms with Gasteiger partial charge < -0.3 is 19.1 Å². The molecule has 4 unspecified atom stereocenters. The van der Waals surface area contributed by atoms with Crippen LogP contribution < -0.4 is 4.74 Å². The summed E-state index contributed by atoms with van der Waals surface area (Å²) >= 11 is 0. The maximum absolute atomic E-state index is 13.4. The molecule has 10 heteroatoms. The first-order valence-electron chi connectivity index (χ1n) is 11.4. The summed E-state index contributed by atoms with van der Waals surface area (Å²) in [6, 6.07) is 4.01. The van der Waals surface area contributed by atoms with Gasteiger partial charge in [-0.1, -0.05) is 6.42 Å². The lowest BCUT2D eigenvalue weighted by molar-refractivity contribution is -0.151. The molecule has 2 aliphatic heterocycles. The molecule has 0 bridgehead atoms. The molecule has 0 aliphatic carbocycles. The molecule has 0 radical (unpaired) electrons. The molecular weight excluding hydrogens is 448 g/mol. The Hall–Kier alpha value is -2.17. The van der Waals surface area contributed by atoms with Crippen LogP contribution in [0.3, 0.4) is 0 Å². The van der Waals surface area contributed by atoms with Crippen LogP contribution in [0.4, 0.5) is 0 Å². The number of morpholine rings is 1. The fourth-order valence-corrected chi connectivity index (χ4v) is 6.34. The maximum Gasteiger partial charge on any atom is 0.338 e. The molecule has 0 N–H and O–H groups in total. The van der Waals surface area contributed by atoms with E-state index < -0.39 is 22.1 Å². The second-order valence-electron chi connectivity index (χ2n) is 8.87. The largest absolute Gasteiger partial charge is 0.495 e. The molecular formula is C23H34N2O7S. The van der Waals surface area contributed by atoms with Crippen LogP contribution in [0.2, 0.25) is 0 Å². The summed E-state index contributed by atoms with van der Waals surface area (Å²) in [5.41, 5.74) is 0.0439. The van der Waals surface area contributed by atoms with Gasteiger partial charge in [0.2, 0.25) is 10.0 Å². The summed E-state index contributed by atoms with van der Waals surface area (Å²) in [6.07, 6.45) is 1.32. The molecule has 3 rings (SSSR count). The Morgan fingerprint density at radius 1 is 1.12 bits per heavy atom. The number of rotatable bonds is 6. The highest BCUT2D eigenvalue weighted by Gasteiger charge is 2.35. The molecule has 33 heavy (non-hydrogen) atoms. The van der Waals surface area contributed by atoms with E-state index in [0.717, 1.165) is 19.3 Å². The molecule has 2 aliphatic rings. The average Bonchev–Trinajstić information content (AvgIpc) is 2.77. The Kier molecular flexibility index (Phi) is 8.02. The summed E-state index contributed by atoms with van der Waals surface area (Å²) in [6.45, 7) is 8.42. The molecule has 0 aromatic heterocycles. The van der Waals surface area contributed by atoms with Crippen molar-refractivity contribution in [2.24, 2.45) is 0 Å². The van der Waals surface area contributed by atoms with E-state index in [1.54, 1.807) is 4.90 Å². The van der Waals surface area contributed by atoms with Crippen LogP contribution in [-0.2, 0) is 24.3 Å². The fourth-order valence-electron chi connectivity index (χ4n) is 4.45. The van der Waals surface area contributed by atoms with Crippen molar-refractivity contribution in [3.05, 3.63) is 23.8 Å². The zero-order valence-electron chi connectivity index (χ0n) is 19.9. The van der Waals surface area contributed by atoms with Crippen molar-refractivity contribution in [1.29, 1.82) is 0 Å². The molecule has 2 fully saturated rings. The van der Waals surface area contributed by atoms with Gasteiger partial charge in [0.05, 0.1) is 24.9 Å². The molecule has 4 atom stereocenters. The van der Waals surface area contributed by atoms with Crippen molar-refractivity contribution in [3.8, 4) is 5.75 Å². The quantitative estimate of drug-likeness (QED) is 0.574. The van der Waals surface area contributed by atoms with Crippen LogP contribution in [-0.4, -0.2) is 80.6 Å². The summed E-state index contributed by atoms with van der Waals surface area (Å²) in [4.78, 5) is 27.2. The molecule has 2 heterocycles. The van der Waals surface area contributed by atoms with Gasteiger partial charge in [0, 0.05) is 25.7 Å². The van der Waals surface area contributed by atoms with Crippen LogP contribution in [0.15, 0.2) is 23.1 Å². The van der Waals surface area contributed by atoms with Gasteiger partial charge in [-0.2, -0.15) is 4.31 Å². The van der Waals surface area contributed by atoms with Crippen molar-refractivity contribution in [3.63, 3.8) is 0 Å². The minimum absolute atomic E-state index is 0.0439. The van der Waals surface area contributed by atoms with Gasteiger partial charge in [-0.3, -0.25) is 4.79 Å². The van der Waals surface area contributed by atoms with Crippen molar-refractivity contribution in [2.75, 3.05) is 26.7 Å². The number of carbonyl (C=O) groups is 2. The Labute approximate surface area is 196 Å². The van der Waals surface area contributed by atoms with Gasteiger partial charge in [-0.15, -0.1) is 0 Å². The number of methoxy groups -OCH3 is 1. The number of sulfonamides is 1. The fraction of sp³-hybridized carbons (Fsp3) is 0.652. The lowest BCUT2D eigenvalue weighted by Gasteiger charge is -2.36. The topological polar surface area (TPSA) is 102 Å². The van der Waals surface area contributed by atoms with Crippen molar-refractivity contribution in [2.45, 2.75) is 76.2 Å². The minimum atomic E-state index is -3.87. The van der Waals surface area contributed by atoms with Crippen LogP contribution in [0.1, 0.15) is 57.3 Å². The maximum atomic E-state index is 13.4. The monoisotopic (exact) mass is 482 g/mol. The zero-order valence-corrected chi connectivity index (χ0v) is 20.8. The summed E-state index contributed by atoms with van der Waals surface area (Å²) < 4.78 is 44.5. The zero-order chi connectivity index (χ0) is 24.3. The first kappa shape index (κ1) is 25.5. The molecule has 0 saturated carbocycles. The molecule has 2 saturated heterocycles. The third kappa shape index (κ3) is 5.67. The summed E-state index contributed by atoms with van der Waals surface area (Å²) in [5, 5.41) is 0. The van der Waals surface area contributed by atoms with Crippen LogP contribution in [0.5, 0.6) is 5.75 Å². The van der Waals surface area contributed by atoms with Crippen molar-refractivity contribution in [1.82, 2.24) is 9.21 Å². The number of esters is 1. The lowest BCUT2D eigenvalue weighted by atomic mass is 10.1. The van der Waals surface area contributed by atoms with E-state index in [-0.39, 0.29) is 40.4 Å². The van der Waals surface area contributed by atoms with E-state index in [9.17, 15) is 18.0 Å². The predicted molar refractivity (Wildman–Crippen MR) is 122 cm³/mol. The second kappa shape index (κ2) is 10.4. The summed E-state index contributed by atoms with van der Waals surface area (Å²) in [5.74, 6) is -0.922. The Bertz CT molecular complexity index is 971. The summed E-state index contributed by atoms with van der Waals surface area (Å²) in [7, 11) is -2.49. The van der Waals surface area contributed by atoms with Gasteiger partial charge >= 0.3 is 5.97 Å². The number of carbonyl (C=O) groups excluding carboxylic acids is 2. The Balaban J connectivity index is 1.79. The van der Waals surface area contributed by atoms with E-state index in [1.807, 2.05) is 20.8 Å². The highest BCUT2D eigenvalue weighted by atomic mass is 32.2. The Morgan fingerprint density at radius 2 is 1.79 bits per heavy atom. The van der Waals surface area contributed by atoms with E-state index in [4.69, 9.17) is 14.2 Å². The lowest BCUT2D eigenvalue weighted by Crippen LogP contribution is -2.51. The Morgan fingerprint density at radius 3 is 2.39 bits per heavy atom. The first-order valence-corrected chi connectivity index (χ1v) is 12.8. The van der Waals surface area contributed by atoms with E-state index in [0.29, 0.717) is 19.6 Å². The van der Waals surface area contributed by atoms with Gasteiger partial charge in [0.15, 0.2) is 6.10 Å². The van der Waals surface area contributed by atoms with E-state index >= 15 is 0 Å². The van der Waals surface area contributed by atoms with E-state index in [1.165, 1.54) is 36.5 Å². The van der Waals surface area contributed by atoms with Crippen molar-refractivity contribution < 1.29 is 32.2 Å². The smallest absolute Gasteiger partial charge is 0.338 e. The highest BCUT2D eigenvalue weighted by molar-refractivity contribution is 7.89. The molecule has 1 aromatic rings. The highest BCUT2D eigenvalue weighted by Crippen LogP contribution is 2.32. The van der Waals surface area contributed by atoms with Gasteiger partial charge in [-0.05, 0) is 58.7 Å². The third-order valence-corrected chi connectivity index (χ3v) is 8.13. The minimum Gasteiger partial charge on any atom is -0.495 e. The number of amides is 1. The van der Waals surface area contributed by atoms with E-state index in [2.05, 4.69) is 0 Å². The first-order chi connectivity index (χ1) is 15.5. The van der Waals surface area contributed by atoms with Crippen LogP contribution in [0.25, 0.3) is 0 Å². The van der Waals surface area contributed by atoms with Gasteiger partial charge in [-0.25, -0.2) is 13.2 Å². The third-order valence-electron chi connectivity index (χ3n) is 6.09. The molecule has 1 aromatic carbocycles. The standard InChI is InChI=1S/C23H34N2O7S/c1-15-8-6-7-11-25(15)33(28,29)21-12-19(9-10-20(21)30-5)23(27)32-18(4)22(26)24-13-16(2)31-17(3)14-24/h9-10,12,15-18H,6-8,11,13-14H2,1-5H3. The molecule has 1 amide bonds. The van der Waals surface area contributed by atoms with Gasteiger partial charge in [0.1, 0.15) is 10.6 Å². The normalized spacial score (nSPS) is 25.4.